The van der Waals surface area contributed by atoms with E-state index in [2.05, 4.69) is 27.9 Å². The highest BCUT2D eigenvalue weighted by Crippen LogP contribution is 2.16. The summed E-state index contributed by atoms with van der Waals surface area (Å²) in [5.41, 5.74) is 1.36. The van der Waals surface area contributed by atoms with E-state index in [1.54, 1.807) is 11.6 Å². The van der Waals surface area contributed by atoms with Crippen molar-refractivity contribution < 1.29 is 14.3 Å². The Bertz CT molecular complexity index is 1120. The molecule has 8 nitrogen and oxygen atoms in total. The molecule has 1 heterocycles. The van der Waals surface area contributed by atoms with Crippen molar-refractivity contribution in [3.8, 4) is 0 Å². The molecule has 0 saturated heterocycles. The number of carbonyl (C=O) groups excluding carboxylic acids is 2. The second-order valence-electron chi connectivity index (χ2n) is 9.96. The molecule has 0 fully saturated rings. The van der Waals surface area contributed by atoms with Gasteiger partial charge in [-0.1, -0.05) is 86.7 Å². The third kappa shape index (κ3) is 8.88. The van der Waals surface area contributed by atoms with Crippen LogP contribution < -0.4 is 10.6 Å². The second-order valence-corrected chi connectivity index (χ2v) is 9.96. The molecule has 1 aromatic heterocycles. The van der Waals surface area contributed by atoms with Crippen molar-refractivity contribution in [2.75, 3.05) is 6.54 Å². The van der Waals surface area contributed by atoms with Crippen molar-refractivity contribution in [1.29, 1.82) is 0 Å². The minimum Gasteiger partial charge on any atom is -0.447 e. The molecule has 0 spiro atoms. The Morgan fingerprint density at radius 2 is 1.70 bits per heavy atom. The number of benzene rings is 2. The Morgan fingerprint density at radius 3 is 2.49 bits per heavy atom. The molecule has 2 aromatic carbocycles. The Kier molecular flexibility index (Phi) is 10.9. The first-order chi connectivity index (χ1) is 17.9. The van der Waals surface area contributed by atoms with Crippen molar-refractivity contribution >= 4 is 23.0 Å². The van der Waals surface area contributed by atoms with Gasteiger partial charge in [0.1, 0.15) is 17.2 Å². The molecule has 37 heavy (non-hydrogen) atoms. The lowest BCUT2D eigenvalue weighted by molar-refractivity contribution is -0.127. The largest absolute Gasteiger partial charge is 0.447 e. The van der Waals surface area contributed by atoms with Gasteiger partial charge in [0.05, 0.1) is 12.1 Å². The first-order valence-corrected chi connectivity index (χ1v) is 13.5. The zero-order valence-corrected chi connectivity index (χ0v) is 22.4. The summed E-state index contributed by atoms with van der Waals surface area (Å²) in [5.74, 6) is -0.302. The van der Waals surface area contributed by atoms with E-state index >= 15 is 0 Å². The molecule has 0 aliphatic carbocycles. The number of nitrogens with one attached hydrogen (secondary N) is 2. The zero-order chi connectivity index (χ0) is 26.5. The Morgan fingerprint density at radius 1 is 1.00 bits per heavy atom. The molecule has 0 aliphatic rings. The van der Waals surface area contributed by atoms with Gasteiger partial charge in [-0.2, -0.15) is 0 Å². The van der Waals surface area contributed by atoms with Crippen LogP contribution in [0.1, 0.15) is 71.3 Å². The van der Waals surface area contributed by atoms with Crippen LogP contribution in [0.4, 0.5) is 4.79 Å². The lowest BCUT2D eigenvalue weighted by atomic mass is 10.0. The number of ether oxygens (including phenoxy) is 1. The number of hydrogen-bond acceptors (Lipinski definition) is 5. The van der Waals surface area contributed by atoms with Gasteiger partial charge in [0.15, 0.2) is 0 Å². The number of aromatic nitrogens is 3. The van der Waals surface area contributed by atoms with Crippen LogP contribution in [0.3, 0.4) is 0 Å². The van der Waals surface area contributed by atoms with Crippen LogP contribution in [0, 0.1) is 0 Å². The van der Waals surface area contributed by atoms with Gasteiger partial charge in [0.2, 0.25) is 5.91 Å². The van der Waals surface area contributed by atoms with E-state index in [1.165, 1.54) is 25.7 Å². The predicted octanol–water partition coefficient (Wildman–Crippen LogP) is 5.41. The minimum atomic E-state index is -1.29. The molecule has 2 unspecified atom stereocenters. The summed E-state index contributed by atoms with van der Waals surface area (Å²) >= 11 is 0. The normalized spacial score (nSPS) is 13.6. The first kappa shape index (κ1) is 28.2. The Hall–Kier alpha value is -3.42. The number of hydrogen-bond donors (Lipinski definition) is 2. The number of rotatable bonds is 15. The third-order valence-electron chi connectivity index (χ3n) is 6.58. The molecule has 2 atom stereocenters. The van der Waals surface area contributed by atoms with Crippen LogP contribution >= 0.6 is 0 Å². The van der Waals surface area contributed by atoms with E-state index in [0.717, 1.165) is 35.9 Å². The van der Waals surface area contributed by atoms with E-state index in [-0.39, 0.29) is 18.6 Å². The standard InChI is InChI=1S/C29H41N5O3/c1-4-5-6-7-8-10-15-23(2)37-28(36)31-29(3,22-34-26-19-14-13-18-25(26)32-33-34)27(35)30-21-20-24-16-11-9-12-17-24/h9,11-14,16-19,23H,4-8,10,15,20-22H2,1-3H3,(H,30,35)(H,31,36). The Balaban J connectivity index is 1.62. The summed E-state index contributed by atoms with van der Waals surface area (Å²) in [6, 6.07) is 17.5. The van der Waals surface area contributed by atoms with Gasteiger partial charge in [-0.15, -0.1) is 5.10 Å². The highest BCUT2D eigenvalue weighted by atomic mass is 16.6. The van der Waals surface area contributed by atoms with Crippen molar-refractivity contribution in [2.45, 2.75) is 90.3 Å². The van der Waals surface area contributed by atoms with E-state index in [9.17, 15) is 9.59 Å². The highest BCUT2D eigenvalue weighted by molar-refractivity contribution is 5.89. The third-order valence-corrected chi connectivity index (χ3v) is 6.58. The molecule has 3 aromatic rings. The van der Waals surface area contributed by atoms with Crippen LogP contribution in [-0.4, -0.2) is 45.2 Å². The van der Waals surface area contributed by atoms with Gasteiger partial charge >= 0.3 is 6.09 Å². The lowest BCUT2D eigenvalue weighted by Crippen LogP contribution is -2.59. The fraction of sp³-hybridized carbons (Fsp3) is 0.517. The molecule has 2 N–H and O–H groups in total. The Labute approximate surface area is 220 Å². The molecule has 0 radical (unpaired) electrons. The van der Waals surface area contributed by atoms with E-state index in [0.29, 0.717) is 13.0 Å². The average molecular weight is 508 g/mol. The van der Waals surface area contributed by atoms with E-state index in [4.69, 9.17) is 4.74 Å². The number of para-hydroxylation sites is 1. The number of nitrogens with zero attached hydrogens (tertiary/aromatic N) is 3. The molecule has 0 saturated carbocycles. The molecule has 2 amide bonds. The van der Waals surface area contributed by atoms with Crippen LogP contribution in [-0.2, 0) is 22.5 Å². The number of alkyl carbamates (subject to hydrolysis) is 1. The topological polar surface area (TPSA) is 98.1 Å². The smallest absolute Gasteiger partial charge is 0.408 e. The summed E-state index contributed by atoms with van der Waals surface area (Å²) in [6.45, 7) is 6.36. The molecular weight excluding hydrogens is 466 g/mol. The zero-order valence-electron chi connectivity index (χ0n) is 22.4. The monoisotopic (exact) mass is 507 g/mol. The van der Waals surface area contributed by atoms with Gasteiger partial charge in [0.25, 0.3) is 0 Å². The van der Waals surface area contributed by atoms with Gasteiger partial charge < -0.3 is 15.4 Å². The van der Waals surface area contributed by atoms with Crippen molar-refractivity contribution in [3.63, 3.8) is 0 Å². The van der Waals surface area contributed by atoms with Crippen molar-refractivity contribution in [1.82, 2.24) is 25.6 Å². The SMILES string of the molecule is CCCCCCCCC(C)OC(=O)NC(C)(Cn1nnc2ccccc21)C(=O)NCCc1ccccc1. The summed E-state index contributed by atoms with van der Waals surface area (Å²) in [7, 11) is 0. The summed E-state index contributed by atoms with van der Waals surface area (Å²) in [6.07, 6.45) is 7.75. The van der Waals surface area contributed by atoms with Gasteiger partial charge in [-0.25, -0.2) is 9.48 Å². The van der Waals surface area contributed by atoms with E-state index < -0.39 is 11.6 Å². The molecule has 0 aliphatic heterocycles. The number of amides is 2. The quantitative estimate of drug-likeness (QED) is 0.268. The molecule has 200 valence electrons. The van der Waals surface area contributed by atoms with Crippen LogP contribution in [0.5, 0.6) is 0 Å². The molecular formula is C29H41N5O3. The number of carbonyl (C=O) groups is 2. The maximum Gasteiger partial charge on any atom is 0.408 e. The summed E-state index contributed by atoms with van der Waals surface area (Å²) in [5, 5.41) is 14.2. The maximum atomic E-state index is 13.4. The van der Waals surface area contributed by atoms with Crippen molar-refractivity contribution in [3.05, 3.63) is 60.2 Å². The van der Waals surface area contributed by atoms with Gasteiger partial charge in [0, 0.05) is 6.54 Å². The van der Waals surface area contributed by atoms with Crippen LogP contribution in [0.2, 0.25) is 0 Å². The van der Waals surface area contributed by atoms with Crippen LogP contribution in [0.15, 0.2) is 54.6 Å². The van der Waals surface area contributed by atoms with Gasteiger partial charge in [-0.05, 0) is 50.8 Å². The number of fused-ring (bicyclic) bond motifs is 1. The maximum absolute atomic E-state index is 13.4. The van der Waals surface area contributed by atoms with Gasteiger partial charge in [-0.3, -0.25) is 4.79 Å². The highest BCUT2D eigenvalue weighted by Gasteiger charge is 2.37. The molecule has 8 heteroatoms. The molecule has 0 bridgehead atoms. The van der Waals surface area contributed by atoms with Crippen molar-refractivity contribution in [2.24, 2.45) is 0 Å². The lowest BCUT2D eigenvalue weighted by Gasteiger charge is -2.30. The predicted molar refractivity (Wildman–Crippen MR) is 146 cm³/mol. The summed E-state index contributed by atoms with van der Waals surface area (Å²) < 4.78 is 7.27. The minimum absolute atomic E-state index is 0.117. The average Bonchev–Trinajstić information content (AvgIpc) is 3.29. The second kappa shape index (κ2) is 14.4. The first-order valence-electron chi connectivity index (χ1n) is 13.5. The number of unbranched alkanes of at least 4 members (excludes halogenated alkanes) is 5. The fourth-order valence-corrected chi connectivity index (χ4v) is 4.37. The summed E-state index contributed by atoms with van der Waals surface area (Å²) in [4.78, 5) is 26.3. The van der Waals surface area contributed by atoms with E-state index in [1.807, 2.05) is 61.5 Å². The van der Waals surface area contributed by atoms with Crippen LogP contribution in [0.25, 0.3) is 11.0 Å². The molecule has 3 rings (SSSR count). The fourth-order valence-electron chi connectivity index (χ4n) is 4.37.